The van der Waals surface area contributed by atoms with Gasteiger partial charge in [-0.1, -0.05) is 0 Å². The van der Waals surface area contributed by atoms with Crippen LogP contribution in [0.3, 0.4) is 0 Å². The number of ether oxygens (including phenoxy) is 1. The van der Waals surface area contributed by atoms with E-state index in [-0.39, 0.29) is 11.5 Å². The fraction of sp³-hybridized carbons (Fsp3) is 0.556. The summed E-state index contributed by atoms with van der Waals surface area (Å²) in [5.74, 6) is -0.985. The SMILES string of the molecule is Cc1c(C)c(C)c(C(=O)OCC(=O)N[C@@H]2CCS(=O)(=O)C2)c(C)c1C. The molecule has 1 saturated heterocycles. The maximum atomic E-state index is 12.4. The van der Waals surface area contributed by atoms with E-state index >= 15 is 0 Å². The Labute approximate surface area is 148 Å². The highest BCUT2D eigenvalue weighted by Gasteiger charge is 2.29. The zero-order valence-corrected chi connectivity index (χ0v) is 16.2. The van der Waals surface area contributed by atoms with Gasteiger partial charge in [0.2, 0.25) is 0 Å². The minimum Gasteiger partial charge on any atom is -0.452 e. The van der Waals surface area contributed by atoms with Crippen molar-refractivity contribution in [3.8, 4) is 0 Å². The number of amides is 1. The molecule has 1 atom stereocenters. The van der Waals surface area contributed by atoms with Crippen LogP contribution in [0.4, 0.5) is 0 Å². The summed E-state index contributed by atoms with van der Waals surface area (Å²) in [4.78, 5) is 24.4. The number of hydrogen-bond donors (Lipinski definition) is 1. The van der Waals surface area contributed by atoms with Gasteiger partial charge in [0, 0.05) is 6.04 Å². The molecule has 1 aliphatic heterocycles. The van der Waals surface area contributed by atoms with E-state index in [9.17, 15) is 18.0 Å². The standard InChI is InChI=1S/C18H25NO5S/c1-10-11(2)13(4)17(14(5)12(10)3)18(21)24-8-16(20)19-15-6-7-25(22,23)9-15/h15H,6-9H2,1-5H3,(H,19,20)/t15-/m1/s1. The average Bonchev–Trinajstić information content (AvgIpc) is 2.88. The summed E-state index contributed by atoms with van der Waals surface area (Å²) in [6.07, 6.45) is 0.399. The molecule has 1 amide bonds. The molecule has 1 aromatic rings. The maximum absolute atomic E-state index is 12.4. The molecule has 0 spiro atoms. The van der Waals surface area contributed by atoms with E-state index in [4.69, 9.17) is 4.74 Å². The fourth-order valence-electron chi connectivity index (χ4n) is 3.19. The Morgan fingerprint density at radius 2 is 1.52 bits per heavy atom. The Hall–Kier alpha value is -1.89. The second-order valence-electron chi connectivity index (χ2n) is 6.74. The van der Waals surface area contributed by atoms with Gasteiger partial charge in [-0.25, -0.2) is 13.2 Å². The Bertz CT molecular complexity index is 797. The highest BCUT2D eigenvalue weighted by molar-refractivity contribution is 7.91. The molecule has 1 N–H and O–H groups in total. The number of esters is 1. The first-order valence-corrected chi connectivity index (χ1v) is 10.1. The van der Waals surface area contributed by atoms with Crippen LogP contribution in [0.1, 0.15) is 44.6 Å². The summed E-state index contributed by atoms with van der Waals surface area (Å²) in [5.41, 5.74) is 5.43. The quantitative estimate of drug-likeness (QED) is 0.818. The van der Waals surface area contributed by atoms with Crippen LogP contribution >= 0.6 is 0 Å². The highest BCUT2D eigenvalue weighted by atomic mass is 32.2. The molecule has 1 aliphatic rings. The molecular weight excluding hydrogens is 342 g/mol. The summed E-state index contributed by atoms with van der Waals surface area (Å²) in [6, 6.07) is -0.400. The van der Waals surface area contributed by atoms with Crippen molar-refractivity contribution in [3.05, 3.63) is 33.4 Å². The van der Waals surface area contributed by atoms with Gasteiger partial charge in [-0.15, -0.1) is 0 Å². The van der Waals surface area contributed by atoms with Crippen molar-refractivity contribution in [3.63, 3.8) is 0 Å². The topological polar surface area (TPSA) is 89.5 Å². The van der Waals surface area contributed by atoms with Crippen LogP contribution in [0.5, 0.6) is 0 Å². The van der Waals surface area contributed by atoms with E-state index in [1.807, 2.05) is 34.6 Å². The highest BCUT2D eigenvalue weighted by Crippen LogP contribution is 2.26. The Balaban J connectivity index is 2.03. The number of rotatable bonds is 4. The van der Waals surface area contributed by atoms with Crippen LogP contribution in [0.15, 0.2) is 0 Å². The minimum atomic E-state index is -3.06. The maximum Gasteiger partial charge on any atom is 0.339 e. The third kappa shape index (κ3) is 4.21. The smallest absolute Gasteiger partial charge is 0.339 e. The molecule has 0 saturated carbocycles. The van der Waals surface area contributed by atoms with Gasteiger partial charge >= 0.3 is 5.97 Å². The third-order valence-electron chi connectivity index (χ3n) is 5.14. The Kier molecular flexibility index (Phi) is 5.56. The molecule has 0 bridgehead atoms. The lowest BCUT2D eigenvalue weighted by Crippen LogP contribution is -2.38. The summed E-state index contributed by atoms with van der Waals surface area (Å²) in [7, 11) is -3.06. The van der Waals surface area contributed by atoms with Crippen LogP contribution < -0.4 is 5.32 Å². The van der Waals surface area contributed by atoms with Crippen LogP contribution in [0.25, 0.3) is 0 Å². The average molecular weight is 367 g/mol. The third-order valence-corrected chi connectivity index (χ3v) is 6.90. The second kappa shape index (κ2) is 7.15. The normalized spacial score (nSPS) is 18.8. The summed E-state index contributed by atoms with van der Waals surface area (Å²) in [5, 5.41) is 2.61. The van der Waals surface area contributed by atoms with Crippen LogP contribution in [-0.4, -0.2) is 44.4 Å². The zero-order valence-electron chi connectivity index (χ0n) is 15.4. The number of nitrogens with one attached hydrogen (secondary N) is 1. The lowest BCUT2D eigenvalue weighted by Gasteiger charge is -2.18. The first kappa shape index (κ1) is 19.4. The molecule has 6 nitrogen and oxygen atoms in total. The van der Waals surface area contributed by atoms with E-state index in [1.165, 1.54) is 0 Å². The lowest BCUT2D eigenvalue weighted by atomic mass is 9.90. The number of hydrogen-bond acceptors (Lipinski definition) is 5. The monoisotopic (exact) mass is 367 g/mol. The van der Waals surface area contributed by atoms with E-state index in [2.05, 4.69) is 5.32 Å². The molecule has 25 heavy (non-hydrogen) atoms. The number of benzene rings is 1. The van der Waals surface area contributed by atoms with Gasteiger partial charge in [0.1, 0.15) is 0 Å². The first-order chi connectivity index (χ1) is 11.5. The van der Waals surface area contributed by atoms with Crippen LogP contribution in [0.2, 0.25) is 0 Å². The zero-order chi connectivity index (χ0) is 18.9. The molecular formula is C18H25NO5S. The molecule has 0 aromatic heterocycles. The van der Waals surface area contributed by atoms with Crippen molar-refractivity contribution >= 4 is 21.7 Å². The van der Waals surface area contributed by atoms with Crippen LogP contribution in [-0.2, 0) is 19.4 Å². The van der Waals surface area contributed by atoms with Crippen molar-refractivity contribution in [2.75, 3.05) is 18.1 Å². The summed E-state index contributed by atoms with van der Waals surface area (Å²) < 4.78 is 28.0. The molecule has 0 aliphatic carbocycles. The molecule has 1 heterocycles. The second-order valence-corrected chi connectivity index (χ2v) is 8.97. The molecule has 7 heteroatoms. The Morgan fingerprint density at radius 3 is 2.00 bits per heavy atom. The van der Waals surface area contributed by atoms with E-state index in [0.717, 1.165) is 27.8 Å². The van der Waals surface area contributed by atoms with Gasteiger partial charge in [-0.3, -0.25) is 4.79 Å². The molecule has 1 aromatic carbocycles. The van der Waals surface area contributed by atoms with E-state index in [0.29, 0.717) is 12.0 Å². The van der Waals surface area contributed by atoms with E-state index < -0.39 is 34.4 Å². The molecule has 1 fully saturated rings. The Morgan fingerprint density at radius 1 is 1.00 bits per heavy atom. The predicted octanol–water partition coefficient (Wildman–Crippen LogP) is 1.69. The van der Waals surface area contributed by atoms with Gasteiger partial charge in [0.05, 0.1) is 17.1 Å². The van der Waals surface area contributed by atoms with Gasteiger partial charge < -0.3 is 10.1 Å². The van der Waals surface area contributed by atoms with Gasteiger partial charge in [0.25, 0.3) is 5.91 Å². The summed E-state index contributed by atoms with van der Waals surface area (Å²) in [6.45, 7) is 9.26. The van der Waals surface area contributed by atoms with Gasteiger partial charge in [-0.2, -0.15) is 0 Å². The van der Waals surface area contributed by atoms with Gasteiger partial charge in [-0.05, 0) is 68.9 Å². The van der Waals surface area contributed by atoms with Crippen molar-refractivity contribution in [2.45, 2.75) is 47.1 Å². The fourth-order valence-corrected chi connectivity index (χ4v) is 4.86. The van der Waals surface area contributed by atoms with Crippen molar-refractivity contribution < 1.29 is 22.7 Å². The summed E-state index contributed by atoms with van der Waals surface area (Å²) >= 11 is 0. The molecule has 138 valence electrons. The lowest BCUT2D eigenvalue weighted by molar-refractivity contribution is -0.124. The number of sulfone groups is 1. The van der Waals surface area contributed by atoms with Crippen molar-refractivity contribution in [1.29, 1.82) is 0 Å². The largest absolute Gasteiger partial charge is 0.452 e. The van der Waals surface area contributed by atoms with Gasteiger partial charge in [0.15, 0.2) is 16.4 Å². The van der Waals surface area contributed by atoms with E-state index in [1.54, 1.807) is 0 Å². The van der Waals surface area contributed by atoms with Crippen molar-refractivity contribution in [1.82, 2.24) is 5.32 Å². The minimum absolute atomic E-state index is 0.0543. The van der Waals surface area contributed by atoms with Crippen LogP contribution in [0, 0.1) is 34.6 Å². The molecule has 2 rings (SSSR count). The molecule has 0 unspecified atom stereocenters. The number of carbonyl (C=O) groups is 2. The first-order valence-electron chi connectivity index (χ1n) is 8.27. The molecule has 0 radical (unpaired) electrons. The van der Waals surface area contributed by atoms with Crippen molar-refractivity contribution in [2.24, 2.45) is 0 Å². The number of carbonyl (C=O) groups excluding carboxylic acids is 2. The predicted molar refractivity (Wildman–Crippen MR) is 95.6 cm³/mol.